The second kappa shape index (κ2) is 7.59. The van der Waals surface area contributed by atoms with Gasteiger partial charge in [-0.25, -0.2) is 9.97 Å². The average molecular weight is 321 g/mol. The van der Waals surface area contributed by atoms with E-state index >= 15 is 0 Å². The van der Waals surface area contributed by atoms with E-state index in [0.717, 1.165) is 27.8 Å². The highest BCUT2D eigenvalue weighted by Gasteiger charge is 2.05. The zero-order chi connectivity index (χ0) is 13.5. The van der Waals surface area contributed by atoms with E-state index in [1.54, 1.807) is 0 Å². The molecule has 0 atom stereocenters. The van der Waals surface area contributed by atoms with E-state index in [2.05, 4.69) is 27.8 Å². The Morgan fingerprint density at radius 1 is 0.895 bits per heavy atom. The first kappa shape index (κ1) is 14.4. The fraction of sp³-hybridized carbons (Fsp3) is 0.500. The Bertz CT molecular complexity index is 525. The second-order valence-corrected chi connectivity index (χ2v) is 5.72. The molecule has 0 aliphatic heterocycles. The lowest BCUT2D eigenvalue weighted by Crippen LogP contribution is -1.96. The molecule has 2 nitrogen and oxygen atoms in total. The summed E-state index contributed by atoms with van der Waals surface area (Å²) in [5, 5.41) is 0. The summed E-state index contributed by atoms with van der Waals surface area (Å²) in [6.45, 7) is 2.25. The number of hydrogen-bond acceptors (Lipinski definition) is 2. The van der Waals surface area contributed by atoms with Crippen LogP contribution >= 0.6 is 15.9 Å². The number of unbranched alkanes of at least 4 members (excludes halogenated alkanes) is 5. The largest absolute Gasteiger partial charge is 0.248 e. The van der Waals surface area contributed by atoms with E-state index in [4.69, 9.17) is 4.98 Å². The molecule has 0 amide bonds. The highest BCUT2D eigenvalue weighted by atomic mass is 79.9. The van der Waals surface area contributed by atoms with Crippen LogP contribution < -0.4 is 0 Å². The van der Waals surface area contributed by atoms with Crippen LogP contribution in [0.5, 0.6) is 0 Å². The predicted octanol–water partition coefficient (Wildman–Crippen LogP) is 5.30. The molecule has 0 aliphatic rings. The fourth-order valence-corrected chi connectivity index (χ4v) is 2.72. The van der Waals surface area contributed by atoms with Crippen LogP contribution in [-0.4, -0.2) is 9.97 Å². The molecule has 0 spiro atoms. The summed E-state index contributed by atoms with van der Waals surface area (Å²) < 4.78 is 0.903. The normalized spacial score (nSPS) is 11.1. The molecule has 2 aromatic rings. The molecule has 0 saturated heterocycles. The standard InChI is InChI=1S/C16H21BrN2/c1-2-3-4-5-6-7-12-15-16(17)19-14-11-9-8-10-13(14)18-15/h8-11H,2-7,12H2,1H3. The topological polar surface area (TPSA) is 25.8 Å². The number of para-hydroxylation sites is 2. The number of hydrogen-bond donors (Lipinski definition) is 0. The number of benzene rings is 1. The number of halogens is 1. The molecule has 0 aliphatic carbocycles. The van der Waals surface area contributed by atoms with Crippen LogP contribution in [0.2, 0.25) is 0 Å². The first-order chi connectivity index (χ1) is 9.31. The summed E-state index contributed by atoms with van der Waals surface area (Å²) in [6, 6.07) is 8.04. The molecule has 0 bridgehead atoms. The molecule has 19 heavy (non-hydrogen) atoms. The van der Waals surface area contributed by atoms with Crippen LogP contribution in [0.25, 0.3) is 11.0 Å². The van der Waals surface area contributed by atoms with Crippen molar-refractivity contribution in [2.75, 3.05) is 0 Å². The maximum atomic E-state index is 4.70. The molecule has 0 saturated carbocycles. The van der Waals surface area contributed by atoms with Crippen molar-refractivity contribution in [2.45, 2.75) is 51.9 Å². The Hall–Kier alpha value is -0.960. The Morgan fingerprint density at radius 3 is 2.26 bits per heavy atom. The van der Waals surface area contributed by atoms with Crippen molar-refractivity contribution in [3.8, 4) is 0 Å². The van der Waals surface area contributed by atoms with Crippen LogP contribution in [-0.2, 0) is 6.42 Å². The van der Waals surface area contributed by atoms with Crippen molar-refractivity contribution in [1.82, 2.24) is 9.97 Å². The van der Waals surface area contributed by atoms with E-state index < -0.39 is 0 Å². The molecule has 1 heterocycles. The van der Waals surface area contributed by atoms with Crippen molar-refractivity contribution in [2.24, 2.45) is 0 Å². The zero-order valence-corrected chi connectivity index (χ0v) is 13.1. The lowest BCUT2D eigenvalue weighted by Gasteiger charge is -2.05. The van der Waals surface area contributed by atoms with Gasteiger partial charge in [-0.1, -0.05) is 51.2 Å². The van der Waals surface area contributed by atoms with Gasteiger partial charge in [0.25, 0.3) is 0 Å². The first-order valence-electron chi connectivity index (χ1n) is 7.22. The Labute approximate surface area is 123 Å². The van der Waals surface area contributed by atoms with Gasteiger partial charge in [0, 0.05) is 0 Å². The van der Waals surface area contributed by atoms with E-state index in [1.165, 1.54) is 38.5 Å². The minimum Gasteiger partial charge on any atom is -0.248 e. The van der Waals surface area contributed by atoms with Gasteiger partial charge in [0.05, 0.1) is 16.7 Å². The molecule has 1 aromatic heterocycles. The van der Waals surface area contributed by atoms with E-state index in [1.807, 2.05) is 24.3 Å². The van der Waals surface area contributed by atoms with Crippen LogP contribution in [0.4, 0.5) is 0 Å². The summed E-state index contributed by atoms with van der Waals surface area (Å²) in [7, 11) is 0. The highest BCUT2D eigenvalue weighted by molar-refractivity contribution is 9.10. The molecule has 3 heteroatoms. The number of nitrogens with zero attached hydrogens (tertiary/aromatic N) is 2. The zero-order valence-electron chi connectivity index (χ0n) is 11.5. The number of rotatable bonds is 7. The lowest BCUT2D eigenvalue weighted by atomic mass is 10.1. The molecular weight excluding hydrogens is 300 g/mol. The molecule has 0 unspecified atom stereocenters. The SMILES string of the molecule is CCCCCCCCc1nc2ccccc2nc1Br. The molecule has 102 valence electrons. The van der Waals surface area contributed by atoms with Crippen molar-refractivity contribution in [3.63, 3.8) is 0 Å². The van der Waals surface area contributed by atoms with E-state index in [0.29, 0.717) is 0 Å². The van der Waals surface area contributed by atoms with E-state index in [9.17, 15) is 0 Å². The fourth-order valence-electron chi connectivity index (χ4n) is 2.25. The molecule has 2 rings (SSSR count). The number of fused-ring (bicyclic) bond motifs is 1. The Kier molecular flexibility index (Phi) is 5.77. The first-order valence-corrected chi connectivity index (χ1v) is 8.01. The second-order valence-electron chi connectivity index (χ2n) is 4.97. The molecule has 1 aromatic carbocycles. The average Bonchev–Trinajstić information content (AvgIpc) is 2.43. The summed E-state index contributed by atoms with van der Waals surface area (Å²) in [4.78, 5) is 9.26. The van der Waals surface area contributed by atoms with Gasteiger partial charge in [0.2, 0.25) is 0 Å². The van der Waals surface area contributed by atoms with Gasteiger partial charge >= 0.3 is 0 Å². The van der Waals surface area contributed by atoms with Crippen LogP contribution in [0, 0.1) is 0 Å². The Morgan fingerprint density at radius 2 is 1.53 bits per heavy atom. The van der Waals surface area contributed by atoms with Gasteiger partial charge in [0.15, 0.2) is 0 Å². The molecule has 0 N–H and O–H groups in total. The van der Waals surface area contributed by atoms with Gasteiger partial charge in [-0.3, -0.25) is 0 Å². The highest BCUT2D eigenvalue weighted by Crippen LogP contribution is 2.19. The van der Waals surface area contributed by atoms with Gasteiger partial charge in [-0.2, -0.15) is 0 Å². The molecular formula is C16H21BrN2. The summed E-state index contributed by atoms with van der Waals surface area (Å²) in [6.07, 6.45) is 8.88. The summed E-state index contributed by atoms with van der Waals surface area (Å²) >= 11 is 3.54. The van der Waals surface area contributed by atoms with Gasteiger partial charge in [-0.05, 0) is 40.9 Å². The van der Waals surface area contributed by atoms with Crippen LogP contribution in [0.1, 0.15) is 51.1 Å². The third-order valence-electron chi connectivity index (χ3n) is 3.36. The number of aryl methyl sites for hydroxylation is 1. The third-order valence-corrected chi connectivity index (χ3v) is 4.00. The summed E-state index contributed by atoms with van der Waals surface area (Å²) in [5.74, 6) is 0. The van der Waals surface area contributed by atoms with Crippen molar-refractivity contribution in [1.29, 1.82) is 0 Å². The third kappa shape index (κ3) is 4.27. The monoisotopic (exact) mass is 320 g/mol. The molecule has 0 fully saturated rings. The lowest BCUT2D eigenvalue weighted by molar-refractivity contribution is 0.604. The van der Waals surface area contributed by atoms with Crippen LogP contribution in [0.15, 0.2) is 28.9 Å². The smallest absolute Gasteiger partial charge is 0.128 e. The minimum atomic E-state index is 0.903. The van der Waals surface area contributed by atoms with Crippen molar-refractivity contribution in [3.05, 3.63) is 34.6 Å². The predicted molar refractivity (Wildman–Crippen MR) is 84.3 cm³/mol. The van der Waals surface area contributed by atoms with E-state index in [-0.39, 0.29) is 0 Å². The maximum absolute atomic E-state index is 4.70. The maximum Gasteiger partial charge on any atom is 0.128 e. The molecule has 0 radical (unpaired) electrons. The van der Waals surface area contributed by atoms with Gasteiger partial charge < -0.3 is 0 Å². The van der Waals surface area contributed by atoms with Gasteiger partial charge in [0.1, 0.15) is 4.60 Å². The minimum absolute atomic E-state index is 0.903. The quantitative estimate of drug-likeness (QED) is 0.647. The van der Waals surface area contributed by atoms with Crippen LogP contribution in [0.3, 0.4) is 0 Å². The Balaban J connectivity index is 1.91. The van der Waals surface area contributed by atoms with Gasteiger partial charge in [-0.15, -0.1) is 0 Å². The van der Waals surface area contributed by atoms with Crippen molar-refractivity contribution >= 4 is 27.0 Å². The van der Waals surface area contributed by atoms with Crippen molar-refractivity contribution < 1.29 is 0 Å². The number of aromatic nitrogens is 2. The summed E-state index contributed by atoms with van der Waals surface area (Å²) in [5.41, 5.74) is 3.04.